The summed E-state index contributed by atoms with van der Waals surface area (Å²) in [6, 6.07) is 8.67. The van der Waals surface area contributed by atoms with Crippen molar-refractivity contribution in [3.63, 3.8) is 0 Å². The van der Waals surface area contributed by atoms with E-state index >= 15 is 0 Å². The minimum atomic E-state index is -5.89. The maximum absolute atomic E-state index is 13.4. The fraction of sp³-hybridized carbons (Fsp3) is 0.333. The van der Waals surface area contributed by atoms with Gasteiger partial charge in [0, 0.05) is 35.6 Å². The van der Waals surface area contributed by atoms with Crippen LogP contribution in [-0.2, 0) is 20.1 Å². The molecule has 9 nitrogen and oxygen atoms in total. The molecule has 2 fully saturated rings. The Labute approximate surface area is 223 Å². The van der Waals surface area contributed by atoms with Gasteiger partial charge >= 0.3 is 15.6 Å². The molecular weight excluding hydrogens is 625 g/mol. The van der Waals surface area contributed by atoms with Gasteiger partial charge in [0.05, 0.1) is 27.3 Å². The number of piperazine rings is 1. The molecule has 3 heterocycles. The fourth-order valence-electron chi connectivity index (χ4n) is 4.27. The predicted octanol–water partition coefficient (Wildman–Crippen LogP) is 4.32. The first-order valence-corrected chi connectivity index (χ1v) is 14.7. The van der Waals surface area contributed by atoms with E-state index in [0.717, 1.165) is 10.5 Å². The van der Waals surface area contributed by atoms with Gasteiger partial charge in [-0.15, -0.1) is 0 Å². The Bertz CT molecular complexity index is 1600. The highest BCUT2D eigenvalue weighted by Gasteiger charge is 2.56. The average Bonchev–Trinajstić information content (AvgIpc) is 3.57. The normalized spacial score (nSPS) is 18.4. The third-order valence-corrected chi connectivity index (χ3v) is 10.2. The zero-order chi connectivity index (χ0) is 26.8. The van der Waals surface area contributed by atoms with Crippen LogP contribution in [0.5, 0.6) is 5.88 Å². The van der Waals surface area contributed by atoms with Crippen LogP contribution in [0, 0.1) is 0 Å². The first-order chi connectivity index (χ1) is 17.2. The lowest BCUT2D eigenvalue weighted by Crippen LogP contribution is -2.57. The number of hydrogen-bond acceptors (Lipinski definition) is 8. The summed E-state index contributed by atoms with van der Waals surface area (Å²) in [5.74, 6) is -0.801. The van der Waals surface area contributed by atoms with E-state index in [9.17, 15) is 30.0 Å². The van der Waals surface area contributed by atoms with Crippen LogP contribution < -0.4 is 9.08 Å². The summed E-state index contributed by atoms with van der Waals surface area (Å²) in [5.41, 5.74) is -5.81. The maximum atomic E-state index is 13.4. The predicted molar refractivity (Wildman–Crippen MR) is 132 cm³/mol. The number of sulfonamides is 1. The highest BCUT2D eigenvalue weighted by Crippen LogP contribution is 2.48. The van der Waals surface area contributed by atoms with E-state index < -0.39 is 37.1 Å². The lowest BCUT2D eigenvalue weighted by atomic mass is 10.1. The minimum absolute atomic E-state index is 0.110. The molecule has 1 aliphatic carbocycles. The standard InChI is InChI=1S/C21H17BrClF3N4O5S2/c22-13-1-3-14(4-2-13)36(31,32)30-10-9-29(12-20(30)7-8-20)16-11-27-19-15(18(16)23)5-6-17(28-19)35-37(33,34)21(24,25)26/h1-6,11H,7-10,12H2. The lowest BCUT2D eigenvalue weighted by Gasteiger charge is -2.42. The first kappa shape index (κ1) is 26.4. The lowest BCUT2D eigenvalue weighted by molar-refractivity contribution is -0.0501. The van der Waals surface area contributed by atoms with Crippen LogP contribution in [0.3, 0.4) is 0 Å². The van der Waals surface area contributed by atoms with Gasteiger partial charge in [-0.25, -0.2) is 13.4 Å². The van der Waals surface area contributed by atoms with Gasteiger partial charge in [0.2, 0.25) is 15.9 Å². The first-order valence-electron chi connectivity index (χ1n) is 10.7. The van der Waals surface area contributed by atoms with Gasteiger partial charge in [0.15, 0.2) is 5.65 Å². The van der Waals surface area contributed by atoms with Crippen LogP contribution in [0.25, 0.3) is 11.0 Å². The SMILES string of the molecule is O=S(=O)(c1ccc(Br)cc1)N1CCN(c2cnc3nc(OS(=O)(=O)C(F)(F)F)ccc3c2Cl)CC12CC2. The number of aromatic nitrogens is 2. The van der Waals surface area contributed by atoms with Crippen LogP contribution in [0.15, 0.2) is 52.0 Å². The van der Waals surface area contributed by atoms with Gasteiger partial charge in [-0.1, -0.05) is 27.5 Å². The molecule has 2 aromatic heterocycles. The minimum Gasteiger partial charge on any atom is -0.366 e. The van der Waals surface area contributed by atoms with E-state index in [2.05, 4.69) is 30.1 Å². The van der Waals surface area contributed by atoms with Crippen LogP contribution >= 0.6 is 27.5 Å². The number of benzene rings is 1. The third kappa shape index (κ3) is 4.75. The second-order valence-electron chi connectivity index (χ2n) is 8.64. The number of alkyl halides is 3. The summed E-state index contributed by atoms with van der Waals surface area (Å²) in [5, 5.41) is 0.466. The van der Waals surface area contributed by atoms with E-state index in [1.807, 2.05) is 4.90 Å². The van der Waals surface area contributed by atoms with Gasteiger partial charge in [-0.2, -0.15) is 30.9 Å². The van der Waals surface area contributed by atoms with E-state index in [1.165, 1.54) is 16.6 Å². The smallest absolute Gasteiger partial charge is 0.366 e. The number of halogens is 5. The Balaban J connectivity index is 1.40. The molecule has 1 aromatic carbocycles. The van der Waals surface area contributed by atoms with Gasteiger partial charge < -0.3 is 9.08 Å². The highest BCUT2D eigenvalue weighted by atomic mass is 79.9. The van der Waals surface area contributed by atoms with Crippen LogP contribution in [0.4, 0.5) is 18.9 Å². The van der Waals surface area contributed by atoms with Crippen molar-refractivity contribution in [3.05, 3.63) is 52.1 Å². The number of hydrogen-bond donors (Lipinski definition) is 0. The largest absolute Gasteiger partial charge is 0.534 e. The third-order valence-electron chi connectivity index (χ3n) is 6.26. The number of pyridine rings is 2. The van der Waals surface area contributed by atoms with Gasteiger partial charge in [-0.05, 0) is 43.2 Å². The molecule has 1 aliphatic heterocycles. The maximum Gasteiger partial charge on any atom is 0.534 e. The van der Waals surface area contributed by atoms with E-state index in [1.54, 1.807) is 24.3 Å². The second kappa shape index (κ2) is 8.93. The van der Waals surface area contributed by atoms with Gasteiger partial charge in [0.1, 0.15) is 0 Å². The van der Waals surface area contributed by atoms with Crippen molar-refractivity contribution in [3.8, 4) is 5.88 Å². The van der Waals surface area contributed by atoms with Crippen molar-refractivity contribution in [2.75, 3.05) is 24.5 Å². The van der Waals surface area contributed by atoms with Crippen LogP contribution in [0.1, 0.15) is 12.8 Å². The summed E-state index contributed by atoms with van der Waals surface area (Å²) in [6.07, 6.45) is 2.72. The molecular formula is C21H17BrClF3N4O5S2. The number of anilines is 1. The van der Waals surface area contributed by atoms with Crippen molar-refractivity contribution >= 4 is 64.4 Å². The molecule has 0 N–H and O–H groups in total. The number of nitrogens with zero attached hydrogens (tertiary/aromatic N) is 4. The second-order valence-corrected chi connectivity index (χ2v) is 13.3. The molecule has 0 atom stereocenters. The summed E-state index contributed by atoms with van der Waals surface area (Å²) < 4.78 is 93.4. The fourth-order valence-corrected chi connectivity index (χ4v) is 7.07. The topological polar surface area (TPSA) is 110 Å². The molecule has 3 aromatic rings. The molecule has 16 heteroatoms. The van der Waals surface area contributed by atoms with Crippen molar-refractivity contribution in [1.82, 2.24) is 14.3 Å². The van der Waals surface area contributed by atoms with E-state index in [4.69, 9.17) is 11.6 Å². The molecule has 1 spiro atoms. The molecule has 0 amide bonds. The summed E-state index contributed by atoms with van der Waals surface area (Å²) in [7, 11) is -9.61. The highest BCUT2D eigenvalue weighted by molar-refractivity contribution is 9.10. The number of rotatable bonds is 5. The molecule has 5 rings (SSSR count). The Morgan fingerprint density at radius 2 is 1.70 bits per heavy atom. The Morgan fingerprint density at radius 1 is 1.03 bits per heavy atom. The molecule has 0 radical (unpaired) electrons. The van der Waals surface area contributed by atoms with Gasteiger partial charge in [-0.3, -0.25) is 0 Å². The van der Waals surface area contributed by atoms with Crippen molar-refractivity contribution in [2.24, 2.45) is 0 Å². The molecule has 0 unspecified atom stereocenters. The Hall–Kier alpha value is -2.20. The monoisotopic (exact) mass is 640 g/mol. The average molecular weight is 642 g/mol. The van der Waals surface area contributed by atoms with Gasteiger partial charge in [0.25, 0.3) is 0 Å². The molecule has 198 valence electrons. The van der Waals surface area contributed by atoms with E-state index in [-0.39, 0.29) is 27.5 Å². The summed E-state index contributed by atoms with van der Waals surface area (Å²) in [4.78, 5) is 9.99. The molecule has 0 bridgehead atoms. The summed E-state index contributed by atoms with van der Waals surface area (Å²) >= 11 is 9.89. The van der Waals surface area contributed by atoms with Crippen molar-refractivity contribution in [2.45, 2.75) is 28.8 Å². The van der Waals surface area contributed by atoms with E-state index in [0.29, 0.717) is 31.6 Å². The number of fused-ring (bicyclic) bond motifs is 1. The molecule has 1 saturated carbocycles. The zero-order valence-corrected chi connectivity index (χ0v) is 22.6. The zero-order valence-electron chi connectivity index (χ0n) is 18.6. The van der Waals surface area contributed by atoms with Crippen molar-refractivity contribution in [1.29, 1.82) is 0 Å². The Kier molecular flexibility index (Phi) is 6.38. The van der Waals surface area contributed by atoms with Crippen LogP contribution in [-0.4, -0.2) is 61.8 Å². The summed E-state index contributed by atoms with van der Waals surface area (Å²) in [6.45, 7) is 0.907. The quantitative estimate of drug-likeness (QED) is 0.300. The van der Waals surface area contributed by atoms with Crippen molar-refractivity contribution < 1.29 is 34.2 Å². The Morgan fingerprint density at radius 3 is 2.32 bits per heavy atom. The van der Waals surface area contributed by atoms with Crippen LogP contribution in [0.2, 0.25) is 5.02 Å². The molecule has 37 heavy (non-hydrogen) atoms. The molecule has 2 aliphatic rings. The molecule has 1 saturated heterocycles.